The second-order valence-corrected chi connectivity index (χ2v) is 3.39. The van der Waals surface area contributed by atoms with Crippen molar-refractivity contribution in [3.05, 3.63) is 0 Å². The first-order valence-electron chi connectivity index (χ1n) is 4.54. The molecular weight excluding hydrogens is 247 g/mol. The molecule has 0 saturated heterocycles. The third-order valence-electron chi connectivity index (χ3n) is 2.06. The van der Waals surface area contributed by atoms with E-state index in [9.17, 15) is 15.0 Å². The number of carboxylic acids is 1. The van der Waals surface area contributed by atoms with E-state index >= 15 is 0 Å². The second-order valence-electron chi connectivity index (χ2n) is 3.39. The average molecular weight is 264 g/mol. The van der Waals surface area contributed by atoms with E-state index in [0.29, 0.717) is 0 Å². The Morgan fingerprint density at radius 3 is 1.65 bits per heavy atom. The van der Waals surface area contributed by atoms with Crippen LogP contribution in [0.25, 0.3) is 0 Å². The molecule has 0 aromatic carbocycles. The summed E-state index contributed by atoms with van der Waals surface area (Å²) in [7, 11) is 0. The van der Waals surface area contributed by atoms with Crippen LogP contribution in [0.4, 0.5) is 0 Å². The van der Waals surface area contributed by atoms with Gasteiger partial charge in [-0.3, -0.25) is 4.79 Å². The van der Waals surface area contributed by atoms with Crippen molar-refractivity contribution < 1.29 is 40.5 Å². The molecule has 0 aliphatic rings. The van der Waals surface area contributed by atoms with Gasteiger partial charge in [-0.05, 0) is 0 Å². The number of hydrogen-bond acceptors (Lipinski definition) is 7. The zero-order chi connectivity index (χ0) is 12.9. The van der Waals surface area contributed by atoms with Crippen LogP contribution in [0.2, 0.25) is 0 Å². The summed E-state index contributed by atoms with van der Waals surface area (Å²) in [6.07, 6.45) is -10.1. The molecule has 0 aromatic heterocycles. The maximum absolute atomic E-state index is 10.2. The molecule has 0 radical (unpaired) electrons. The predicted molar refractivity (Wildman–Crippen MR) is 56.5 cm³/mol. The summed E-state index contributed by atoms with van der Waals surface area (Å²) in [6.45, 7) is -0.847. The van der Waals surface area contributed by atoms with Crippen molar-refractivity contribution >= 4 is 35.5 Å². The minimum atomic E-state index is -1.96. The van der Waals surface area contributed by atoms with Gasteiger partial charge in [0.05, 0.1) is 19.1 Å². The van der Waals surface area contributed by atoms with E-state index in [-0.39, 0.29) is 29.6 Å². The molecule has 98 valence electrons. The SMILES string of the molecule is O=C(O)CC(O)[C@@H](O)[C@@H](O)[C@H](O)[C@H](O)CO.[NaH]. The Labute approximate surface area is 119 Å². The zero-order valence-corrected chi connectivity index (χ0v) is 8.34. The molecule has 0 aliphatic heterocycles. The first kappa shape index (κ1) is 19.6. The van der Waals surface area contributed by atoms with Crippen LogP contribution in [0.3, 0.4) is 0 Å². The number of aliphatic carboxylic acids is 1. The van der Waals surface area contributed by atoms with Gasteiger partial charge in [0, 0.05) is 0 Å². The Morgan fingerprint density at radius 2 is 1.29 bits per heavy atom. The van der Waals surface area contributed by atoms with Gasteiger partial charge in [0.15, 0.2) is 0 Å². The first-order valence-corrected chi connectivity index (χ1v) is 4.54. The van der Waals surface area contributed by atoms with Crippen molar-refractivity contribution in [3.63, 3.8) is 0 Å². The Kier molecular flexibility index (Phi) is 10.6. The van der Waals surface area contributed by atoms with E-state index in [4.69, 9.17) is 25.5 Å². The van der Waals surface area contributed by atoms with Crippen LogP contribution in [0, 0.1) is 0 Å². The van der Waals surface area contributed by atoms with Gasteiger partial charge in [-0.2, -0.15) is 0 Å². The molecule has 0 fully saturated rings. The Balaban J connectivity index is 0. The molecule has 0 bridgehead atoms. The summed E-state index contributed by atoms with van der Waals surface area (Å²) in [6, 6.07) is 0. The molecule has 7 N–H and O–H groups in total. The van der Waals surface area contributed by atoms with E-state index in [1.807, 2.05) is 0 Å². The van der Waals surface area contributed by atoms with Gasteiger partial charge in [0.2, 0.25) is 0 Å². The van der Waals surface area contributed by atoms with Gasteiger partial charge in [0.1, 0.15) is 24.4 Å². The summed E-state index contributed by atoms with van der Waals surface area (Å²) >= 11 is 0. The van der Waals surface area contributed by atoms with Crippen LogP contribution in [0.1, 0.15) is 6.42 Å². The first-order chi connectivity index (χ1) is 7.31. The van der Waals surface area contributed by atoms with Crippen molar-refractivity contribution in [2.75, 3.05) is 6.61 Å². The van der Waals surface area contributed by atoms with Gasteiger partial charge in [-0.15, -0.1) is 0 Å². The van der Waals surface area contributed by atoms with Crippen molar-refractivity contribution in [1.82, 2.24) is 0 Å². The van der Waals surface area contributed by atoms with Crippen LogP contribution in [-0.2, 0) is 4.79 Å². The van der Waals surface area contributed by atoms with E-state index in [1.54, 1.807) is 0 Å². The van der Waals surface area contributed by atoms with Crippen LogP contribution in [0.15, 0.2) is 0 Å². The van der Waals surface area contributed by atoms with E-state index in [1.165, 1.54) is 0 Å². The second kappa shape index (κ2) is 9.20. The van der Waals surface area contributed by atoms with Crippen LogP contribution in [0.5, 0.6) is 0 Å². The number of rotatable bonds is 7. The van der Waals surface area contributed by atoms with Crippen molar-refractivity contribution in [3.8, 4) is 0 Å². The van der Waals surface area contributed by atoms with Gasteiger partial charge in [-0.1, -0.05) is 0 Å². The average Bonchev–Trinajstić information content (AvgIpc) is 2.23. The van der Waals surface area contributed by atoms with E-state index < -0.39 is 49.5 Å². The molecule has 0 aromatic rings. The predicted octanol–water partition coefficient (Wildman–Crippen LogP) is -4.39. The molecule has 1 unspecified atom stereocenters. The fraction of sp³-hybridized carbons (Fsp3) is 0.875. The van der Waals surface area contributed by atoms with Gasteiger partial charge < -0.3 is 35.7 Å². The molecular formula is C8H17NaO8. The third-order valence-corrected chi connectivity index (χ3v) is 2.06. The zero-order valence-electron chi connectivity index (χ0n) is 8.34. The summed E-state index contributed by atoms with van der Waals surface area (Å²) in [5.41, 5.74) is 0. The summed E-state index contributed by atoms with van der Waals surface area (Å²) in [5.74, 6) is -1.39. The molecule has 8 nitrogen and oxygen atoms in total. The van der Waals surface area contributed by atoms with Gasteiger partial charge >= 0.3 is 35.5 Å². The summed E-state index contributed by atoms with van der Waals surface area (Å²) in [4.78, 5) is 10.2. The summed E-state index contributed by atoms with van der Waals surface area (Å²) in [5, 5.41) is 62.5. The Bertz CT molecular complexity index is 226. The molecule has 17 heavy (non-hydrogen) atoms. The van der Waals surface area contributed by atoms with E-state index in [0.717, 1.165) is 0 Å². The fourth-order valence-electron chi connectivity index (χ4n) is 1.06. The van der Waals surface area contributed by atoms with Crippen LogP contribution >= 0.6 is 0 Å². The normalized spacial score (nSPS) is 19.6. The molecule has 0 amide bonds. The topological polar surface area (TPSA) is 159 Å². The molecule has 0 aliphatic carbocycles. The molecule has 9 heteroatoms. The number of aliphatic hydroxyl groups excluding tert-OH is 6. The number of aliphatic hydroxyl groups is 6. The summed E-state index contributed by atoms with van der Waals surface area (Å²) < 4.78 is 0. The number of carboxylic acid groups (broad SMARTS) is 1. The monoisotopic (exact) mass is 264 g/mol. The van der Waals surface area contributed by atoms with Crippen molar-refractivity contribution in [2.24, 2.45) is 0 Å². The van der Waals surface area contributed by atoms with Crippen molar-refractivity contribution in [2.45, 2.75) is 36.9 Å². The molecule has 0 heterocycles. The van der Waals surface area contributed by atoms with Gasteiger partial charge in [-0.25, -0.2) is 0 Å². The third kappa shape index (κ3) is 6.65. The fourth-order valence-corrected chi connectivity index (χ4v) is 1.06. The van der Waals surface area contributed by atoms with Gasteiger partial charge in [0.25, 0.3) is 0 Å². The maximum atomic E-state index is 10.2. The number of carbonyl (C=O) groups is 1. The standard InChI is InChI=1S/C8H16O8.Na.H/c9-2-4(11)7(15)8(16)6(14)3(10)1-5(12)13;;/h3-4,6-11,14-16H,1-2H2,(H,12,13);;/t3?,4-,6-,7-,8-;;/m1../s1. The Hall–Kier alpha value is 0.230. The van der Waals surface area contributed by atoms with Crippen molar-refractivity contribution in [1.29, 1.82) is 0 Å². The quantitative estimate of drug-likeness (QED) is 0.227. The Morgan fingerprint density at radius 1 is 0.882 bits per heavy atom. The van der Waals surface area contributed by atoms with E-state index in [2.05, 4.69) is 0 Å². The molecule has 0 spiro atoms. The molecule has 5 atom stereocenters. The van der Waals surface area contributed by atoms with Crippen LogP contribution in [-0.4, -0.2) is 108 Å². The molecule has 0 saturated carbocycles. The van der Waals surface area contributed by atoms with Crippen LogP contribution < -0.4 is 0 Å². The minimum absolute atomic E-state index is 0. The molecule has 0 rings (SSSR count). The number of hydrogen-bond donors (Lipinski definition) is 7.